The number of carbonyl (C=O) groups is 3. The molecule has 2 N–H and O–H groups in total. The summed E-state index contributed by atoms with van der Waals surface area (Å²) < 4.78 is 5.34. The molecule has 7 nitrogen and oxygen atoms in total. The van der Waals surface area contributed by atoms with Crippen LogP contribution >= 0.6 is 12.6 Å². The highest BCUT2D eigenvalue weighted by atomic mass is 32.1. The molecular formula is C27H43N3O4S. The molecule has 8 heteroatoms. The first-order valence-electron chi connectivity index (χ1n) is 12.9. The Morgan fingerprint density at radius 3 is 2.23 bits per heavy atom. The second-order valence-electron chi connectivity index (χ2n) is 10.3. The largest absolute Gasteiger partial charge is 0.444 e. The van der Waals surface area contributed by atoms with Crippen LogP contribution in [0.4, 0.5) is 4.79 Å². The minimum absolute atomic E-state index is 0.0873. The van der Waals surface area contributed by atoms with Crippen LogP contribution in [0.5, 0.6) is 0 Å². The number of carbonyl (C=O) groups excluding carboxylic acids is 3. The van der Waals surface area contributed by atoms with Gasteiger partial charge in [-0.25, -0.2) is 4.79 Å². The summed E-state index contributed by atoms with van der Waals surface area (Å²) in [7, 11) is 0. The van der Waals surface area contributed by atoms with Crippen LogP contribution in [0.2, 0.25) is 0 Å². The highest BCUT2D eigenvalue weighted by Gasteiger charge is 2.36. The van der Waals surface area contributed by atoms with Crippen LogP contribution < -0.4 is 10.6 Å². The lowest BCUT2D eigenvalue weighted by molar-refractivity contribution is -0.142. The molecule has 0 radical (unpaired) electrons. The van der Waals surface area contributed by atoms with Gasteiger partial charge in [-0.1, -0.05) is 57.4 Å². The third-order valence-corrected chi connectivity index (χ3v) is 6.50. The van der Waals surface area contributed by atoms with Crippen molar-refractivity contribution in [1.82, 2.24) is 15.5 Å². The van der Waals surface area contributed by atoms with Crippen molar-refractivity contribution >= 4 is 30.5 Å². The van der Waals surface area contributed by atoms with Gasteiger partial charge in [0, 0.05) is 18.3 Å². The van der Waals surface area contributed by atoms with E-state index in [0.29, 0.717) is 13.0 Å². The van der Waals surface area contributed by atoms with Gasteiger partial charge in [-0.3, -0.25) is 9.59 Å². The van der Waals surface area contributed by atoms with Crippen molar-refractivity contribution in [2.75, 3.05) is 12.3 Å². The van der Waals surface area contributed by atoms with Gasteiger partial charge in [0.15, 0.2) is 0 Å². The summed E-state index contributed by atoms with van der Waals surface area (Å²) in [4.78, 5) is 41.4. The molecule has 2 unspecified atom stereocenters. The molecule has 2 atom stereocenters. The Morgan fingerprint density at radius 1 is 1.09 bits per heavy atom. The van der Waals surface area contributed by atoms with Gasteiger partial charge in [-0.2, -0.15) is 12.6 Å². The Balaban J connectivity index is 2.35. The van der Waals surface area contributed by atoms with Crippen LogP contribution in [0, 0.1) is 0 Å². The summed E-state index contributed by atoms with van der Waals surface area (Å²) in [6.45, 7) is 9.71. The molecule has 0 heterocycles. The molecule has 1 aromatic rings. The monoisotopic (exact) mass is 505 g/mol. The third kappa shape index (κ3) is 9.06. The molecule has 0 bridgehead atoms. The predicted octanol–water partition coefficient (Wildman–Crippen LogP) is 4.80. The normalized spacial score (nSPS) is 16.2. The van der Waals surface area contributed by atoms with Crippen molar-refractivity contribution in [1.29, 1.82) is 0 Å². The van der Waals surface area contributed by atoms with Crippen LogP contribution in [-0.4, -0.2) is 52.8 Å². The smallest absolute Gasteiger partial charge is 0.408 e. The number of rotatable bonds is 10. The quantitative estimate of drug-likeness (QED) is 0.399. The van der Waals surface area contributed by atoms with Gasteiger partial charge >= 0.3 is 6.09 Å². The van der Waals surface area contributed by atoms with E-state index in [1.165, 1.54) is 6.42 Å². The molecule has 0 aliphatic heterocycles. The van der Waals surface area contributed by atoms with Crippen LogP contribution in [-0.2, 0) is 20.7 Å². The molecule has 1 aliphatic rings. The van der Waals surface area contributed by atoms with Crippen molar-refractivity contribution in [2.24, 2.45) is 0 Å². The van der Waals surface area contributed by atoms with E-state index in [9.17, 15) is 14.4 Å². The molecule has 1 aliphatic carbocycles. The molecule has 196 valence electrons. The molecule has 1 fully saturated rings. The topological polar surface area (TPSA) is 87.7 Å². The zero-order valence-electron chi connectivity index (χ0n) is 21.9. The molecule has 0 spiro atoms. The van der Waals surface area contributed by atoms with E-state index in [4.69, 9.17) is 4.74 Å². The molecule has 0 saturated heterocycles. The number of hydrogen-bond acceptors (Lipinski definition) is 5. The average molecular weight is 506 g/mol. The zero-order valence-corrected chi connectivity index (χ0v) is 22.8. The van der Waals surface area contributed by atoms with Crippen LogP contribution in [0.25, 0.3) is 0 Å². The van der Waals surface area contributed by atoms with Gasteiger partial charge in [0.2, 0.25) is 11.8 Å². The summed E-state index contributed by atoms with van der Waals surface area (Å²) in [5, 5.41) is 5.85. The van der Waals surface area contributed by atoms with Crippen molar-refractivity contribution in [3.8, 4) is 0 Å². The van der Waals surface area contributed by atoms with Crippen molar-refractivity contribution in [3.05, 3.63) is 35.4 Å². The first-order chi connectivity index (χ1) is 16.6. The molecule has 3 amide bonds. The lowest BCUT2D eigenvalue weighted by atomic mass is 9.94. The predicted molar refractivity (Wildman–Crippen MR) is 143 cm³/mol. The van der Waals surface area contributed by atoms with E-state index in [1.54, 1.807) is 25.7 Å². The SMILES string of the molecule is CCCN(C(=O)C(CS)NC(=O)OC(C)(C)C)C(C(=O)NC1CCCCC1)c1ccc(CC)cc1. The van der Waals surface area contributed by atoms with Crippen LogP contribution in [0.1, 0.15) is 90.3 Å². The van der Waals surface area contributed by atoms with E-state index in [-0.39, 0.29) is 23.6 Å². The summed E-state index contributed by atoms with van der Waals surface area (Å²) in [6.07, 6.45) is 6.16. The van der Waals surface area contributed by atoms with E-state index in [1.807, 2.05) is 31.2 Å². The second kappa shape index (κ2) is 13.8. The standard InChI is InChI=1S/C27H43N3O4S/c1-6-17-30(25(32)22(18-35)29-26(33)34-27(3,4)5)23(20-15-13-19(7-2)14-16-20)24(31)28-21-11-9-8-10-12-21/h13-16,21-23,35H,6-12,17-18H2,1-5H3,(H,28,31)(H,29,33). The second-order valence-corrected chi connectivity index (χ2v) is 10.6. The Labute approximate surface area is 216 Å². The highest BCUT2D eigenvalue weighted by Crippen LogP contribution is 2.26. The van der Waals surface area contributed by atoms with Gasteiger partial charge in [-0.05, 0) is 57.6 Å². The van der Waals surface area contributed by atoms with Crippen molar-refractivity contribution in [2.45, 2.75) is 103 Å². The van der Waals surface area contributed by atoms with Crippen molar-refractivity contribution in [3.63, 3.8) is 0 Å². The fourth-order valence-electron chi connectivity index (χ4n) is 4.38. The average Bonchev–Trinajstić information content (AvgIpc) is 2.81. The van der Waals surface area contributed by atoms with Gasteiger partial charge < -0.3 is 20.3 Å². The highest BCUT2D eigenvalue weighted by molar-refractivity contribution is 7.80. The molecular weight excluding hydrogens is 462 g/mol. The number of nitrogens with one attached hydrogen (secondary N) is 2. The van der Waals surface area contributed by atoms with Crippen molar-refractivity contribution < 1.29 is 19.1 Å². The summed E-state index contributed by atoms with van der Waals surface area (Å²) in [5.74, 6) is -0.446. The minimum atomic E-state index is -0.917. The minimum Gasteiger partial charge on any atom is -0.444 e. The summed E-state index contributed by atoms with van der Waals surface area (Å²) in [6, 6.07) is 6.26. The number of amides is 3. The van der Waals surface area contributed by atoms with Crippen LogP contribution in [0.15, 0.2) is 24.3 Å². The summed E-state index contributed by atoms with van der Waals surface area (Å²) in [5.41, 5.74) is 1.22. The lowest BCUT2D eigenvalue weighted by Gasteiger charge is -2.35. The Morgan fingerprint density at radius 2 is 1.71 bits per heavy atom. The number of aryl methyl sites for hydroxylation is 1. The van der Waals surface area contributed by atoms with Gasteiger partial charge in [0.25, 0.3) is 0 Å². The number of ether oxygens (including phenoxy) is 1. The van der Waals surface area contributed by atoms with Gasteiger partial charge in [0.05, 0.1) is 0 Å². The number of benzene rings is 1. The third-order valence-electron chi connectivity index (χ3n) is 6.13. The number of alkyl carbamates (subject to hydrolysis) is 1. The fourth-order valence-corrected chi connectivity index (χ4v) is 4.63. The Bertz CT molecular complexity index is 832. The van der Waals surface area contributed by atoms with E-state index in [2.05, 4.69) is 30.2 Å². The maximum atomic E-state index is 13.7. The number of hydrogen-bond donors (Lipinski definition) is 3. The van der Waals surface area contributed by atoms with E-state index >= 15 is 0 Å². The first-order valence-corrected chi connectivity index (χ1v) is 13.5. The van der Waals surface area contributed by atoms with E-state index < -0.39 is 23.8 Å². The molecule has 35 heavy (non-hydrogen) atoms. The molecule has 0 aromatic heterocycles. The zero-order chi connectivity index (χ0) is 26.0. The van der Waals surface area contributed by atoms with E-state index in [0.717, 1.165) is 43.2 Å². The lowest BCUT2D eigenvalue weighted by Crippen LogP contribution is -2.54. The van der Waals surface area contributed by atoms with Gasteiger partial charge in [0.1, 0.15) is 17.7 Å². The molecule has 2 rings (SSSR count). The fraction of sp³-hybridized carbons (Fsp3) is 0.667. The Kier molecular flexibility index (Phi) is 11.4. The Hall–Kier alpha value is -2.22. The number of thiol groups is 1. The van der Waals surface area contributed by atoms with Crippen LogP contribution in [0.3, 0.4) is 0 Å². The summed E-state index contributed by atoms with van der Waals surface area (Å²) >= 11 is 4.33. The maximum absolute atomic E-state index is 13.7. The molecule has 1 aromatic carbocycles. The first kappa shape index (κ1) is 29.0. The molecule has 1 saturated carbocycles. The number of nitrogens with zero attached hydrogens (tertiary/aromatic N) is 1. The van der Waals surface area contributed by atoms with Gasteiger partial charge in [-0.15, -0.1) is 0 Å². The maximum Gasteiger partial charge on any atom is 0.408 e.